The molecule has 3 aromatic carbocycles. The van der Waals surface area contributed by atoms with Gasteiger partial charge < -0.3 is 5.11 Å². The molecule has 0 atom stereocenters. The molecular formula is C32H24F6N4O4S2. The number of nitrogens with two attached hydrogens (primary N) is 1. The third-order valence-electron chi connectivity index (χ3n) is 7.92. The van der Waals surface area contributed by atoms with E-state index < -0.39 is 44.4 Å². The number of primary sulfonamides is 1. The highest BCUT2D eigenvalue weighted by molar-refractivity contribution is 7.89. The Morgan fingerprint density at radius 1 is 0.979 bits per heavy atom. The van der Waals surface area contributed by atoms with Crippen molar-refractivity contribution in [1.29, 1.82) is 0 Å². The van der Waals surface area contributed by atoms with Crippen molar-refractivity contribution >= 4 is 27.3 Å². The summed E-state index contributed by atoms with van der Waals surface area (Å²) in [7, 11) is -4.32. The van der Waals surface area contributed by atoms with E-state index in [1.54, 1.807) is 24.3 Å². The van der Waals surface area contributed by atoms with Gasteiger partial charge in [0, 0.05) is 28.5 Å². The van der Waals surface area contributed by atoms with Gasteiger partial charge in [-0.1, -0.05) is 48.5 Å². The van der Waals surface area contributed by atoms with Gasteiger partial charge in [0.2, 0.25) is 15.2 Å². The third-order valence-corrected chi connectivity index (χ3v) is 9.68. The second-order valence-corrected chi connectivity index (χ2v) is 13.7. The lowest BCUT2D eigenvalue weighted by Crippen LogP contribution is -2.33. The largest absolute Gasteiger partial charge is 0.476 e. The molecule has 2 heterocycles. The number of aromatic nitrogens is 3. The summed E-state index contributed by atoms with van der Waals surface area (Å²) in [5, 5.41) is 21.1. The van der Waals surface area contributed by atoms with E-state index in [0.29, 0.717) is 63.7 Å². The predicted molar refractivity (Wildman–Crippen MR) is 164 cm³/mol. The van der Waals surface area contributed by atoms with E-state index in [1.165, 1.54) is 16.1 Å². The number of nitrogens with zero attached hydrogens (tertiary/aromatic N) is 3. The Kier molecular flexibility index (Phi) is 8.46. The van der Waals surface area contributed by atoms with E-state index in [0.717, 1.165) is 48.4 Å². The molecule has 48 heavy (non-hydrogen) atoms. The molecule has 6 rings (SSSR count). The second kappa shape index (κ2) is 12.2. The van der Waals surface area contributed by atoms with Gasteiger partial charge in [-0.05, 0) is 60.1 Å². The number of benzene rings is 3. The van der Waals surface area contributed by atoms with Crippen molar-refractivity contribution in [2.75, 3.05) is 0 Å². The minimum Gasteiger partial charge on any atom is -0.476 e. The number of thiazole rings is 1. The van der Waals surface area contributed by atoms with Crippen LogP contribution in [0.4, 0.5) is 26.3 Å². The zero-order valence-electron chi connectivity index (χ0n) is 24.5. The maximum Gasteiger partial charge on any atom is 0.458 e. The molecule has 0 amide bonds. The highest BCUT2D eigenvalue weighted by Gasteiger charge is 2.58. The number of hydrogen-bond donors (Lipinski definition) is 2. The van der Waals surface area contributed by atoms with Gasteiger partial charge in [0.1, 0.15) is 10.7 Å². The Morgan fingerprint density at radius 2 is 1.67 bits per heavy atom. The van der Waals surface area contributed by atoms with Crippen molar-refractivity contribution in [3.63, 3.8) is 0 Å². The molecule has 0 unspecified atom stereocenters. The number of aromatic carboxylic acids is 1. The van der Waals surface area contributed by atoms with E-state index in [4.69, 9.17) is 10.2 Å². The predicted octanol–water partition coefficient (Wildman–Crippen LogP) is 7.34. The van der Waals surface area contributed by atoms with Crippen molar-refractivity contribution in [3.8, 4) is 27.5 Å². The number of rotatable bonds is 10. The molecule has 0 radical (unpaired) electrons. The van der Waals surface area contributed by atoms with Crippen LogP contribution in [0.1, 0.15) is 45.7 Å². The number of carboxylic acid groups (broad SMARTS) is 1. The molecule has 1 saturated carbocycles. The zero-order valence-corrected chi connectivity index (χ0v) is 26.1. The summed E-state index contributed by atoms with van der Waals surface area (Å²) < 4.78 is 107. The second-order valence-electron chi connectivity index (χ2n) is 11.4. The first-order valence-corrected chi connectivity index (χ1v) is 16.7. The van der Waals surface area contributed by atoms with E-state index in [-0.39, 0.29) is 17.2 Å². The highest BCUT2D eigenvalue weighted by atomic mass is 32.2. The summed E-state index contributed by atoms with van der Waals surface area (Å²) >= 11 is 1.05. The molecule has 1 aliphatic carbocycles. The lowest BCUT2D eigenvalue weighted by atomic mass is 9.94. The van der Waals surface area contributed by atoms with E-state index in [2.05, 4.69) is 4.98 Å². The Balaban J connectivity index is 1.48. The number of sulfonamides is 1. The molecular weight excluding hydrogens is 682 g/mol. The summed E-state index contributed by atoms with van der Waals surface area (Å²) in [6.45, 7) is 0. The number of halogens is 6. The van der Waals surface area contributed by atoms with Gasteiger partial charge in [0.15, 0.2) is 5.69 Å². The topological polar surface area (TPSA) is 128 Å². The van der Waals surface area contributed by atoms with Gasteiger partial charge in [-0.25, -0.2) is 32.4 Å². The maximum atomic E-state index is 14.9. The molecule has 1 aliphatic rings. The molecule has 0 saturated heterocycles. The van der Waals surface area contributed by atoms with E-state index in [9.17, 15) is 44.7 Å². The number of alkyl halides is 5. The number of carbonyl (C=O) groups is 1. The van der Waals surface area contributed by atoms with Gasteiger partial charge in [-0.3, -0.25) is 0 Å². The molecule has 250 valence electrons. The third kappa shape index (κ3) is 6.59. The summed E-state index contributed by atoms with van der Waals surface area (Å²) in [4.78, 5) is 15.2. The molecule has 0 aliphatic heterocycles. The van der Waals surface area contributed by atoms with E-state index in [1.807, 2.05) is 0 Å². The monoisotopic (exact) mass is 706 g/mol. The average Bonchev–Trinajstić information content (AvgIpc) is 3.58. The summed E-state index contributed by atoms with van der Waals surface area (Å²) in [5.41, 5.74) is 2.04. The van der Waals surface area contributed by atoms with Crippen molar-refractivity contribution < 1.29 is 44.7 Å². The first kappa shape index (κ1) is 33.4. The molecule has 8 nitrogen and oxygen atoms in total. The van der Waals surface area contributed by atoms with Crippen LogP contribution < -0.4 is 5.14 Å². The van der Waals surface area contributed by atoms with Gasteiger partial charge in [-0.15, -0.1) is 11.3 Å². The average molecular weight is 707 g/mol. The Labute approximate surface area is 273 Å². The Hall–Kier alpha value is -4.54. The first-order valence-electron chi connectivity index (χ1n) is 14.3. The number of carboxylic acids is 1. The lowest BCUT2D eigenvalue weighted by Gasteiger charge is -2.20. The molecule has 0 spiro atoms. The van der Waals surface area contributed by atoms with Crippen LogP contribution in [0.3, 0.4) is 0 Å². The maximum absolute atomic E-state index is 14.9. The summed E-state index contributed by atoms with van der Waals surface area (Å²) in [6, 6.07) is 14.0. The van der Waals surface area contributed by atoms with Crippen molar-refractivity contribution in [2.24, 2.45) is 11.1 Å². The fourth-order valence-corrected chi connectivity index (χ4v) is 6.66. The quantitative estimate of drug-likeness (QED) is 0.146. The molecule has 1 fully saturated rings. The van der Waals surface area contributed by atoms with Gasteiger partial charge >= 0.3 is 18.1 Å². The fraction of sp³-hybridized carbons (Fsp3) is 0.219. The minimum atomic E-state index is -5.76. The van der Waals surface area contributed by atoms with Gasteiger partial charge in [0.05, 0.1) is 11.4 Å². The Bertz CT molecular complexity index is 2140. The fourth-order valence-electron chi connectivity index (χ4n) is 5.30. The standard InChI is InChI=1S/C32H24F6N4O4S2/c33-24-13-18(6-11-27(24)48(39,45)46)12-23-26(14-17-4-5-17)42(30-40-25(16-47-30)29(43)44)41-28(23)21-3-1-2-20(15-21)19-7-9-22(10-8-19)31(34,35)32(36,37)38/h1-3,6-11,13,15-17H,4-5,12,14H2,(H,43,44)(H2,39,45,46). The smallest absolute Gasteiger partial charge is 0.458 e. The van der Waals surface area contributed by atoms with Crippen molar-refractivity contribution in [2.45, 2.75) is 42.7 Å². The Morgan fingerprint density at radius 3 is 2.25 bits per heavy atom. The van der Waals surface area contributed by atoms with Crippen molar-refractivity contribution in [1.82, 2.24) is 14.8 Å². The molecule has 16 heteroatoms. The van der Waals surface area contributed by atoms with Crippen LogP contribution >= 0.6 is 11.3 Å². The lowest BCUT2D eigenvalue weighted by molar-refractivity contribution is -0.289. The molecule has 3 N–H and O–H groups in total. The minimum absolute atomic E-state index is 0.0712. The van der Waals surface area contributed by atoms with Crippen LogP contribution in [0.5, 0.6) is 0 Å². The molecule has 0 bridgehead atoms. The van der Waals surface area contributed by atoms with E-state index >= 15 is 0 Å². The summed E-state index contributed by atoms with van der Waals surface area (Å²) in [5.74, 6) is -7.01. The first-order chi connectivity index (χ1) is 22.5. The van der Waals surface area contributed by atoms with Crippen LogP contribution in [-0.4, -0.2) is 40.4 Å². The van der Waals surface area contributed by atoms with Crippen molar-refractivity contribution in [3.05, 3.63) is 106 Å². The molecule has 2 aromatic heterocycles. The summed E-state index contributed by atoms with van der Waals surface area (Å²) in [6.07, 6.45) is -3.28. The molecule has 5 aromatic rings. The number of hydrogen-bond acceptors (Lipinski definition) is 6. The van der Waals surface area contributed by atoms with Crippen LogP contribution in [-0.2, 0) is 28.8 Å². The highest BCUT2D eigenvalue weighted by Crippen LogP contribution is 2.44. The SMILES string of the molecule is NS(=O)(=O)c1ccc(Cc2c(-c3cccc(-c4ccc(C(F)(F)C(F)(F)F)cc4)c3)nn(-c3nc(C(=O)O)cs3)c2CC2CC2)cc1F. The van der Waals surface area contributed by atoms with Crippen LogP contribution in [0.15, 0.2) is 77.0 Å². The van der Waals surface area contributed by atoms with Gasteiger partial charge in [0.25, 0.3) is 0 Å². The van der Waals surface area contributed by atoms with Crippen LogP contribution in [0, 0.1) is 11.7 Å². The zero-order chi connectivity index (χ0) is 34.6. The van der Waals surface area contributed by atoms with Gasteiger partial charge in [-0.2, -0.15) is 27.1 Å². The normalized spacial score (nSPS) is 14.0. The van der Waals surface area contributed by atoms with Crippen LogP contribution in [0.25, 0.3) is 27.5 Å². The van der Waals surface area contributed by atoms with Crippen LogP contribution in [0.2, 0.25) is 0 Å².